The summed E-state index contributed by atoms with van der Waals surface area (Å²) in [5.74, 6) is 0.835. The van der Waals surface area contributed by atoms with E-state index in [9.17, 15) is 9.59 Å². The molecule has 2 aromatic heterocycles. The molecule has 0 saturated heterocycles. The number of H-pyrrole nitrogens is 1. The van der Waals surface area contributed by atoms with E-state index in [0.717, 1.165) is 29.5 Å². The molecule has 2 heterocycles. The molecule has 2 aromatic rings. The quantitative estimate of drug-likeness (QED) is 0.490. The molecule has 9 heteroatoms. The zero-order chi connectivity index (χ0) is 20.1. The summed E-state index contributed by atoms with van der Waals surface area (Å²) >= 11 is 2.89. The summed E-state index contributed by atoms with van der Waals surface area (Å²) in [6, 6.07) is 0. The summed E-state index contributed by atoms with van der Waals surface area (Å²) in [7, 11) is 3.22. The fourth-order valence-electron chi connectivity index (χ4n) is 3.38. The first-order valence-electron chi connectivity index (χ1n) is 9.46. The van der Waals surface area contributed by atoms with E-state index >= 15 is 0 Å². The molecule has 0 radical (unpaired) electrons. The standard InChI is InChI=1S/C19H27N3O4S2/c1-12-4-5-13-14(10-12)28-18-16(13)17(24)20-19(21-18)27-11-15(23)22(6-8-25-2)7-9-26-3/h12H,4-11H2,1-3H3,(H,20,21,24)/t12-/m1/s1. The summed E-state index contributed by atoms with van der Waals surface area (Å²) in [6.45, 7) is 4.22. The average Bonchev–Trinajstić information content (AvgIpc) is 3.04. The lowest BCUT2D eigenvalue weighted by molar-refractivity contribution is -0.129. The Morgan fingerprint density at radius 2 is 2.04 bits per heavy atom. The van der Waals surface area contributed by atoms with Gasteiger partial charge in [0.1, 0.15) is 4.83 Å². The summed E-state index contributed by atoms with van der Waals surface area (Å²) in [6.07, 6.45) is 3.08. The van der Waals surface area contributed by atoms with Gasteiger partial charge in [0.2, 0.25) is 5.91 Å². The monoisotopic (exact) mass is 425 g/mol. The second kappa shape index (κ2) is 9.87. The van der Waals surface area contributed by atoms with E-state index in [1.165, 1.54) is 22.2 Å². The number of methoxy groups -OCH3 is 2. The molecular weight excluding hydrogens is 398 g/mol. The van der Waals surface area contributed by atoms with Crippen LogP contribution in [0.1, 0.15) is 23.8 Å². The molecule has 0 aromatic carbocycles. The van der Waals surface area contributed by atoms with Gasteiger partial charge in [-0.1, -0.05) is 18.7 Å². The molecule has 1 aliphatic carbocycles. The van der Waals surface area contributed by atoms with Crippen LogP contribution >= 0.6 is 23.1 Å². The van der Waals surface area contributed by atoms with Crippen molar-refractivity contribution in [2.24, 2.45) is 5.92 Å². The number of aromatic amines is 1. The summed E-state index contributed by atoms with van der Waals surface area (Å²) in [5.41, 5.74) is 1.08. The molecule has 3 rings (SSSR count). The maximum absolute atomic E-state index is 12.6. The first-order valence-corrected chi connectivity index (χ1v) is 11.3. The first kappa shape index (κ1) is 21.3. The van der Waals surface area contributed by atoms with Gasteiger partial charge < -0.3 is 19.4 Å². The summed E-state index contributed by atoms with van der Waals surface area (Å²) in [4.78, 5) is 36.5. The lowest BCUT2D eigenvalue weighted by Crippen LogP contribution is -2.37. The number of fused-ring (bicyclic) bond motifs is 3. The minimum atomic E-state index is -0.0948. The molecule has 154 valence electrons. The van der Waals surface area contributed by atoms with Crippen LogP contribution in [0, 0.1) is 5.92 Å². The van der Waals surface area contributed by atoms with Gasteiger partial charge in [-0.3, -0.25) is 9.59 Å². The van der Waals surface area contributed by atoms with Gasteiger partial charge in [0.05, 0.1) is 24.4 Å². The topological polar surface area (TPSA) is 84.5 Å². The fourth-order valence-corrected chi connectivity index (χ4v) is 5.59. The Labute approximate surface area is 172 Å². The van der Waals surface area contributed by atoms with Gasteiger partial charge in [-0.15, -0.1) is 11.3 Å². The van der Waals surface area contributed by atoms with Crippen LogP contribution in [0.15, 0.2) is 9.95 Å². The number of rotatable bonds is 9. The minimum absolute atomic E-state index is 0.0267. The number of hydrogen-bond donors (Lipinski definition) is 1. The van der Waals surface area contributed by atoms with Crippen LogP contribution < -0.4 is 5.56 Å². The van der Waals surface area contributed by atoms with Crippen LogP contribution in [0.2, 0.25) is 0 Å². The van der Waals surface area contributed by atoms with Crippen LogP contribution in [-0.4, -0.2) is 67.1 Å². The zero-order valence-corrected chi connectivity index (χ0v) is 18.2. The predicted octanol–water partition coefficient (Wildman–Crippen LogP) is 2.32. The molecule has 1 atom stereocenters. The molecule has 0 bridgehead atoms. The van der Waals surface area contributed by atoms with Gasteiger partial charge >= 0.3 is 0 Å². The third kappa shape index (κ3) is 4.94. The van der Waals surface area contributed by atoms with Crippen LogP contribution in [0.4, 0.5) is 0 Å². The van der Waals surface area contributed by atoms with Gasteiger partial charge in [-0.25, -0.2) is 4.98 Å². The van der Waals surface area contributed by atoms with Crippen LogP contribution in [-0.2, 0) is 27.1 Å². The highest BCUT2D eigenvalue weighted by atomic mass is 32.2. The Morgan fingerprint density at radius 1 is 1.32 bits per heavy atom. The number of carbonyl (C=O) groups is 1. The van der Waals surface area contributed by atoms with Crippen LogP contribution in [0.3, 0.4) is 0 Å². The number of ether oxygens (including phenoxy) is 2. The number of carbonyl (C=O) groups excluding carboxylic acids is 1. The van der Waals surface area contributed by atoms with Crippen molar-refractivity contribution in [3.8, 4) is 0 Å². The van der Waals surface area contributed by atoms with Gasteiger partial charge in [0, 0.05) is 32.2 Å². The van der Waals surface area contributed by atoms with E-state index in [1.54, 1.807) is 30.5 Å². The summed E-state index contributed by atoms with van der Waals surface area (Å²) in [5, 5.41) is 1.24. The maximum Gasteiger partial charge on any atom is 0.260 e. The van der Waals surface area contributed by atoms with Crippen LogP contribution in [0.5, 0.6) is 0 Å². The van der Waals surface area contributed by atoms with E-state index in [1.807, 2.05) is 0 Å². The van der Waals surface area contributed by atoms with Crippen molar-refractivity contribution in [2.45, 2.75) is 31.3 Å². The van der Waals surface area contributed by atoms with E-state index in [4.69, 9.17) is 9.47 Å². The number of amides is 1. The molecule has 1 N–H and O–H groups in total. The highest BCUT2D eigenvalue weighted by Gasteiger charge is 2.23. The molecular formula is C19H27N3O4S2. The Balaban J connectivity index is 1.72. The fraction of sp³-hybridized carbons (Fsp3) is 0.632. The molecule has 0 fully saturated rings. The zero-order valence-electron chi connectivity index (χ0n) is 16.6. The number of nitrogens with one attached hydrogen (secondary N) is 1. The highest BCUT2D eigenvalue weighted by molar-refractivity contribution is 7.99. The van der Waals surface area contributed by atoms with Crippen LogP contribution in [0.25, 0.3) is 10.2 Å². The van der Waals surface area contributed by atoms with Crippen molar-refractivity contribution >= 4 is 39.2 Å². The Kier molecular flexibility index (Phi) is 7.50. The largest absolute Gasteiger partial charge is 0.383 e. The third-order valence-corrected chi connectivity index (χ3v) is 6.97. The number of nitrogens with zero attached hydrogens (tertiary/aromatic N) is 2. The molecule has 28 heavy (non-hydrogen) atoms. The van der Waals surface area contributed by atoms with E-state index in [2.05, 4.69) is 16.9 Å². The third-order valence-electron chi connectivity index (χ3n) is 4.96. The second-order valence-corrected chi connectivity index (χ2v) is 9.11. The number of thiophene rings is 1. The average molecular weight is 426 g/mol. The minimum Gasteiger partial charge on any atom is -0.383 e. The van der Waals surface area contributed by atoms with Gasteiger partial charge in [0.15, 0.2) is 5.16 Å². The summed E-state index contributed by atoms with van der Waals surface area (Å²) < 4.78 is 10.2. The molecule has 0 saturated carbocycles. The first-order chi connectivity index (χ1) is 13.5. The molecule has 0 aliphatic heterocycles. The second-order valence-electron chi connectivity index (χ2n) is 7.06. The number of aryl methyl sites for hydroxylation is 1. The molecule has 7 nitrogen and oxygen atoms in total. The van der Waals surface area contributed by atoms with E-state index < -0.39 is 0 Å². The van der Waals surface area contributed by atoms with E-state index in [-0.39, 0.29) is 17.2 Å². The van der Waals surface area contributed by atoms with E-state index in [0.29, 0.717) is 37.4 Å². The van der Waals surface area contributed by atoms with Gasteiger partial charge in [-0.05, 0) is 30.7 Å². The molecule has 0 unspecified atom stereocenters. The maximum atomic E-state index is 12.6. The van der Waals surface area contributed by atoms with Gasteiger partial charge in [-0.2, -0.15) is 0 Å². The number of thioether (sulfide) groups is 1. The smallest absolute Gasteiger partial charge is 0.260 e. The van der Waals surface area contributed by atoms with Crippen molar-refractivity contribution in [2.75, 3.05) is 46.3 Å². The Bertz CT molecular complexity index is 872. The lowest BCUT2D eigenvalue weighted by atomic mass is 9.89. The Hall–Kier alpha value is -1.42. The molecule has 1 amide bonds. The van der Waals surface area contributed by atoms with Gasteiger partial charge in [0.25, 0.3) is 5.56 Å². The predicted molar refractivity (Wildman–Crippen MR) is 112 cm³/mol. The van der Waals surface area contributed by atoms with Crippen molar-refractivity contribution in [3.63, 3.8) is 0 Å². The number of hydrogen-bond acceptors (Lipinski definition) is 7. The van der Waals surface area contributed by atoms with Crippen molar-refractivity contribution < 1.29 is 14.3 Å². The Morgan fingerprint density at radius 3 is 2.71 bits per heavy atom. The molecule has 0 spiro atoms. The molecule has 1 aliphatic rings. The van der Waals surface area contributed by atoms with Crippen molar-refractivity contribution in [1.29, 1.82) is 0 Å². The normalized spacial score (nSPS) is 16.3. The van der Waals surface area contributed by atoms with Crippen molar-refractivity contribution in [1.82, 2.24) is 14.9 Å². The van der Waals surface area contributed by atoms with Crippen molar-refractivity contribution in [3.05, 3.63) is 20.8 Å². The lowest BCUT2D eigenvalue weighted by Gasteiger charge is -2.21. The highest BCUT2D eigenvalue weighted by Crippen LogP contribution is 2.36. The number of aromatic nitrogens is 2. The SMILES string of the molecule is COCCN(CCOC)C(=O)CSc1nc2sc3c(c2c(=O)[nH]1)CC[C@@H](C)C3.